The van der Waals surface area contributed by atoms with Crippen molar-refractivity contribution < 1.29 is 14.6 Å². The van der Waals surface area contributed by atoms with Gasteiger partial charge in [-0.2, -0.15) is 0 Å². The van der Waals surface area contributed by atoms with E-state index in [1.807, 2.05) is 0 Å². The normalized spacial score (nSPS) is 41.7. The van der Waals surface area contributed by atoms with E-state index in [1.165, 1.54) is 0 Å². The third-order valence-corrected chi connectivity index (χ3v) is 2.28. The molecule has 1 aliphatic heterocycles. The second-order valence-corrected chi connectivity index (χ2v) is 3.52. The van der Waals surface area contributed by atoms with Crippen LogP contribution in [0.5, 0.6) is 0 Å². The van der Waals surface area contributed by atoms with Crippen LogP contribution in [-0.4, -0.2) is 36.0 Å². The van der Waals surface area contributed by atoms with Gasteiger partial charge in [0.15, 0.2) is 6.29 Å². The van der Waals surface area contributed by atoms with Gasteiger partial charge in [-0.3, -0.25) is 0 Å². The van der Waals surface area contributed by atoms with Crippen LogP contribution < -0.4 is 0 Å². The highest BCUT2D eigenvalue weighted by Crippen LogP contribution is 2.21. The Labute approximate surface area is 68.4 Å². The molecule has 0 spiro atoms. The molecule has 1 rings (SSSR count). The van der Waals surface area contributed by atoms with Gasteiger partial charge >= 0.3 is 0 Å². The van der Waals surface area contributed by atoms with Gasteiger partial charge in [0.05, 0.1) is 17.5 Å². The van der Waals surface area contributed by atoms with Crippen molar-refractivity contribution in [2.75, 3.05) is 13.7 Å². The molecule has 1 heterocycles. The molecule has 3 nitrogen and oxygen atoms in total. The molecule has 0 aromatic carbocycles. The van der Waals surface area contributed by atoms with Gasteiger partial charge in [0, 0.05) is 7.11 Å². The minimum atomic E-state index is -0.351. The van der Waals surface area contributed by atoms with Gasteiger partial charge in [-0.25, -0.2) is 0 Å². The smallest absolute Gasteiger partial charge is 0.169 e. The van der Waals surface area contributed by atoms with Gasteiger partial charge in [-0.05, 0) is 6.42 Å². The van der Waals surface area contributed by atoms with Crippen molar-refractivity contribution in [1.29, 1.82) is 0 Å². The topological polar surface area (TPSA) is 38.7 Å². The molecule has 0 saturated carbocycles. The third-order valence-electron chi connectivity index (χ3n) is 1.48. The number of hydrogen-bond donors (Lipinski definition) is 1. The molecule has 0 amide bonds. The predicted molar refractivity (Wildman–Crippen MR) is 40.1 cm³/mol. The average molecular weight is 211 g/mol. The Morgan fingerprint density at radius 1 is 1.70 bits per heavy atom. The summed E-state index contributed by atoms with van der Waals surface area (Å²) in [5.41, 5.74) is 0. The van der Waals surface area contributed by atoms with E-state index in [0.717, 1.165) is 0 Å². The van der Waals surface area contributed by atoms with Crippen LogP contribution in [0, 0.1) is 0 Å². The van der Waals surface area contributed by atoms with Crippen LogP contribution in [-0.2, 0) is 9.47 Å². The summed E-state index contributed by atoms with van der Waals surface area (Å²) in [5, 5.41) is 9.08. The summed E-state index contributed by atoms with van der Waals surface area (Å²) in [6.07, 6.45) is 0.137. The van der Waals surface area contributed by atoms with E-state index in [0.29, 0.717) is 13.0 Å². The van der Waals surface area contributed by atoms with Gasteiger partial charge in [0.25, 0.3) is 0 Å². The first-order chi connectivity index (χ1) is 4.74. The maximum Gasteiger partial charge on any atom is 0.169 e. The van der Waals surface area contributed by atoms with Crippen molar-refractivity contribution in [3.8, 4) is 0 Å². The van der Waals surface area contributed by atoms with E-state index in [9.17, 15) is 0 Å². The van der Waals surface area contributed by atoms with Crippen LogP contribution in [0.25, 0.3) is 0 Å². The molecule has 1 aliphatic rings. The number of aliphatic hydroxyl groups excluding tert-OH is 1. The van der Waals surface area contributed by atoms with Crippen LogP contribution in [0.2, 0.25) is 0 Å². The van der Waals surface area contributed by atoms with Crippen LogP contribution in [0.3, 0.4) is 0 Å². The molecule has 60 valence electrons. The number of methoxy groups -OCH3 is 1. The Bertz CT molecular complexity index is 109. The minimum absolute atomic E-state index is 0.112. The third kappa shape index (κ3) is 1.92. The van der Waals surface area contributed by atoms with Crippen molar-refractivity contribution in [2.24, 2.45) is 0 Å². The first kappa shape index (κ1) is 8.46. The number of halogens is 1. The highest BCUT2D eigenvalue weighted by Gasteiger charge is 2.27. The van der Waals surface area contributed by atoms with Gasteiger partial charge in [-0.1, -0.05) is 15.9 Å². The van der Waals surface area contributed by atoms with Crippen molar-refractivity contribution in [2.45, 2.75) is 23.6 Å². The summed E-state index contributed by atoms with van der Waals surface area (Å²) in [5.74, 6) is 0. The molecule has 0 aliphatic carbocycles. The summed E-state index contributed by atoms with van der Waals surface area (Å²) in [4.78, 5) is 0.112. The van der Waals surface area contributed by atoms with Crippen molar-refractivity contribution in [3.63, 3.8) is 0 Å². The molecule has 10 heavy (non-hydrogen) atoms. The monoisotopic (exact) mass is 210 g/mol. The van der Waals surface area contributed by atoms with Crippen LogP contribution in [0.4, 0.5) is 0 Å². The molecule has 0 unspecified atom stereocenters. The second kappa shape index (κ2) is 3.67. The van der Waals surface area contributed by atoms with E-state index in [-0.39, 0.29) is 17.2 Å². The van der Waals surface area contributed by atoms with Crippen LogP contribution in [0.1, 0.15) is 6.42 Å². The fourth-order valence-corrected chi connectivity index (χ4v) is 1.77. The fraction of sp³-hybridized carbons (Fsp3) is 1.00. The molecular weight excluding hydrogens is 200 g/mol. The zero-order valence-electron chi connectivity index (χ0n) is 5.79. The molecule has 1 fully saturated rings. The zero-order valence-corrected chi connectivity index (χ0v) is 7.37. The van der Waals surface area contributed by atoms with Gasteiger partial charge < -0.3 is 14.6 Å². The quantitative estimate of drug-likeness (QED) is 0.642. The summed E-state index contributed by atoms with van der Waals surface area (Å²) >= 11 is 3.35. The number of ether oxygens (including phenoxy) is 2. The summed E-state index contributed by atoms with van der Waals surface area (Å²) in [6, 6.07) is 0. The Hall–Kier alpha value is 0.360. The fourth-order valence-electron chi connectivity index (χ4n) is 0.965. The molecule has 1 saturated heterocycles. The van der Waals surface area contributed by atoms with Gasteiger partial charge in [0.1, 0.15) is 0 Å². The molecule has 0 radical (unpaired) electrons. The predicted octanol–water partition coefficient (Wildman–Crippen LogP) is 0.504. The van der Waals surface area contributed by atoms with E-state index < -0.39 is 0 Å². The Kier molecular flexibility index (Phi) is 3.10. The lowest BCUT2D eigenvalue weighted by molar-refractivity contribution is -0.166. The maximum atomic E-state index is 9.08. The molecule has 0 bridgehead atoms. The molecule has 1 N–H and O–H groups in total. The minimum Gasteiger partial charge on any atom is -0.391 e. The highest BCUT2D eigenvalue weighted by molar-refractivity contribution is 9.09. The second-order valence-electron chi connectivity index (χ2n) is 2.34. The van der Waals surface area contributed by atoms with Gasteiger partial charge in [-0.15, -0.1) is 0 Å². The molecule has 0 aromatic heterocycles. The Morgan fingerprint density at radius 3 is 2.90 bits per heavy atom. The largest absolute Gasteiger partial charge is 0.391 e. The standard InChI is InChI=1S/C6H11BrO3/c1-9-6-5(7)2-4(8)3-10-6/h4-6,8H,2-3H2,1H3/t4-,5+,6-/m0/s1. The summed E-state index contributed by atoms with van der Waals surface area (Å²) in [6.45, 7) is 0.376. The molecule has 0 aromatic rings. The molecular formula is C6H11BrO3. The van der Waals surface area contributed by atoms with E-state index in [2.05, 4.69) is 15.9 Å². The molecule has 3 atom stereocenters. The SMILES string of the molecule is CO[C@H]1OC[C@@H](O)C[C@H]1Br. The average Bonchev–Trinajstić information content (AvgIpc) is 1.88. The van der Waals surface area contributed by atoms with Crippen LogP contribution >= 0.6 is 15.9 Å². The Morgan fingerprint density at radius 2 is 2.40 bits per heavy atom. The van der Waals surface area contributed by atoms with E-state index in [4.69, 9.17) is 14.6 Å². The highest BCUT2D eigenvalue weighted by atomic mass is 79.9. The number of aliphatic hydroxyl groups is 1. The van der Waals surface area contributed by atoms with Crippen molar-refractivity contribution >= 4 is 15.9 Å². The molecule has 4 heteroatoms. The van der Waals surface area contributed by atoms with E-state index in [1.54, 1.807) is 7.11 Å². The lowest BCUT2D eigenvalue weighted by atomic mass is 10.1. The number of alkyl halides is 1. The van der Waals surface area contributed by atoms with Crippen molar-refractivity contribution in [3.05, 3.63) is 0 Å². The maximum absolute atomic E-state index is 9.08. The Balaban J connectivity index is 2.36. The zero-order chi connectivity index (χ0) is 7.56. The number of rotatable bonds is 1. The first-order valence-corrected chi connectivity index (χ1v) is 4.12. The first-order valence-electron chi connectivity index (χ1n) is 3.20. The van der Waals surface area contributed by atoms with Gasteiger partial charge in [0.2, 0.25) is 0 Å². The van der Waals surface area contributed by atoms with Crippen LogP contribution in [0.15, 0.2) is 0 Å². The number of hydrogen-bond acceptors (Lipinski definition) is 3. The lowest BCUT2D eigenvalue weighted by Crippen LogP contribution is -2.38. The van der Waals surface area contributed by atoms with E-state index >= 15 is 0 Å². The lowest BCUT2D eigenvalue weighted by Gasteiger charge is -2.29. The van der Waals surface area contributed by atoms with Crippen molar-refractivity contribution in [1.82, 2.24) is 0 Å². The summed E-state index contributed by atoms with van der Waals surface area (Å²) < 4.78 is 10.1. The summed E-state index contributed by atoms with van der Waals surface area (Å²) in [7, 11) is 1.59.